The van der Waals surface area contributed by atoms with Crippen LogP contribution in [-0.4, -0.2) is 183 Å². The highest BCUT2D eigenvalue weighted by molar-refractivity contribution is 5.99. The molecule has 0 radical (unpaired) electrons. The summed E-state index contributed by atoms with van der Waals surface area (Å²) >= 11 is 0. The first-order valence-electron chi connectivity index (χ1n) is 32.4. The van der Waals surface area contributed by atoms with Gasteiger partial charge in [0.25, 0.3) is 5.91 Å². The van der Waals surface area contributed by atoms with Crippen molar-refractivity contribution in [1.82, 2.24) is 30.2 Å². The van der Waals surface area contributed by atoms with E-state index in [1.165, 1.54) is 0 Å². The van der Waals surface area contributed by atoms with Gasteiger partial charge in [-0.15, -0.1) is 0 Å². The van der Waals surface area contributed by atoms with Gasteiger partial charge in [0, 0.05) is 128 Å². The molecule has 4 aromatic rings. The quantitative estimate of drug-likeness (QED) is 0.0476. The maximum Gasteiger partial charge on any atom is 0.251 e. The minimum atomic E-state index is -0.732. The molecule has 18 heteroatoms. The Balaban J connectivity index is 0.889. The van der Waals surface area contributed by atoms with Gasteiger partial charge in [-0.1, -0.05) is 125 Å². The third-order valence-electron chi connectivity index (χ3n) is 18.9. The Hall–Kier alpha value is -7.12. The van der Waals surface area contributed by atoms with Crippen LogP contribution in [0.1, 0.15) is 124 Å². The number of likely N-dealkylation sites (tertiary alicyclic amines) is 2. The molecule has 4 saturated heterocycles. The lowest BCUT2D eigenvalue weighted by molar-refractivity contribution is -0.145. The van der Waals surface area contributed by atoms with Crippen LogP contribution in [0.2, 0.25) is 0 Å². The molecule has 4 aliphatic heterocycles. The zero-order valence-electron chi connectivity index (χ0n) is 53.1. The number of methoxy groups -OCH3 is 2. The van der Waals surface area contributed by atoms with Crippen LogP contribution in [0.3, 0.4) is 0 Å². The molecule has 4 aliphatic rings. The molecule has 0 bridgehead atoms. The predicted octanol–water partition coefficient (Wildman–Crippen LogP) is 8.04. The van der Waals surface area contributed by atoms with Crippen LogP contribution < -0.4 is 10.6 Å². The summed E-state index contributed by atoms with van der Waals surface area (Å²) in [4.78, 5) is 119. The maximum atomic E-state index is 14.7. The highest BCUT2D eigenvalue weighted by atomic mass is 16.5. The monoisotopic (exact) mass is 1220 g/mol. The summed E-state index contributed by atoms with van der Waals surface area (Å²) in [5, 5.41) is 5.95. The third-order valence-corrected chi connectivity index (χ3v) is 18.9. The van der Waals surface area contributed by atoms with Crippen molar-refractivity contribution < 1.29 is 57.3 Å². The predicted molar refractivity (Wildman–Crippen MR) is 339 cm³/mol. The maximum absolute atomic E-state index is 14.7. The van der Waals surface area contributed by atoms with Gasteiger partial charge in [-0.25, -0.2) is 0 Å². The lowest BCUT2D eigenvalue weighted by Crippen LogP contribution is -2.58. The van der Waals surface area contributed by atoms with Crippen molar-refractivity contribution >= 4 is 47.0 Å². The SMILES string of the molecule is CC[C@@H](C)C(=O)N[C@H](C(=O)N1CC[C@H](OC)[C@H]1CN(CCc1ccccc1)C(=O)CCC(=O)c1ccc(-c2ccc(C(=O)NCC(=O)N(CCc3ccccc3)C[C@@H]3[C@@H](OC)CCN3C(=O)[C@@H](CC(=O)C(C)C)C3CCOCC3)cc2)cc1)C1CCOCC1. The summed E-state index contributed by atoms with van der Waals surface area (Å²) in [6.45, 7) is 11.3. The van der Waals surface area contributed by atoms with Crippen molar-refractivity contribution in [1.29, 1.82) is 0 Å². The first-order chi connectivity index (χ1) is 43.1. The summed E-state index contributed by atoms with van der Waals surface area (Å²) in [6, 6.07) is 32.2. The summed E-state index contributed by atoms with van der Waals surface area (Å²) in [6.07, 6.45) is 5.03. The van der Waals surface area contributed by atoms with Crippen LogP contribution in [0.15, 0.2) is 109 Å². The van der Waals surface area contributed by atoms with Gasteiger partial charge in [-0.3, -0.25) is 38.4 Å². The van der Waals surface area contributed by atoms with E-state index in [-0.39, 0.29) is 116 Å². The Kier molecular flexibility index (Phi) is 25.6. The first kappa shape index (κ1) is 67.8. The van der Waals surface area contributed by atoms with Crippen LogP contribution in [0, 0.1) is 29.6 Å². The number of nitrogens with one attached hydrogen (secondary N) is 2. The van der Waals surface area contributed by atoms with Gasteiger partial charge >= 0.3 is 0 Å². The molecule has 8 rings (SSSR count). The molecule has 480 valence electrons. The molecule has 7 atom stereocenters. The number of ketones is 2. The Bertz CT molecular complexity index is 2970. The van der Waals surface area contributed by atoms with Crippen molar-refractivity contribution in [2.24, 2.45) is 29.6 Å². The number of carbonyl (C=O) groups excluding carboxylic acids is 8. The molecule has 4 heterocycles. The van der Waals surface area contributed by atoms with Gasteiger partial charge in [-0.05, 0) is 104 Å². The average molecular weight is 1220 g/mol. The number of benzene rings is 4. The van der Waals surface area contributed by atoms with E-state index in [1.807, 2.05) is 118 Å². The molecule has 18 nitrogen and oxygen atoms in total. The molecule has 0 aliphatic carbocycles. The number of hydrogen-bond acceptors (Lipinski definition) is 12. The minimum Gasteiger partial charge on any atom is -0.381 e. The van der Waals surface area contributed by atoms with Crippen LogP contribution in [0.4, 0.5) is 0 Å². The van der Waals surface area contributed by atoms with E-state index >= 15 is 0 Å². The fraction of sp³-hybridized carbons (Fsp3) is 0.549. The molecule has 0 aromatic heterocycles. The van der Waals surface area contributed by atoms with Gasteiger partial charge in [0.2, 0.25) is 29.5 Å². The first-order valence-corrected chi connectivity index (χ1v) is 32.4. The summed E-state index contributed by atoms with van der Waals surface area (Å²) in [7, 11) is 3.24. The second-order valence-electron chi connectivity index (χ2n) is 24.9. The fourth-order valence-electron chi connectivity index (χ4n) is 13.0. The van der Waals surface area contributed by atoms with E-state index in [1.54, 1.807) is 53.2 Å². The van der Waals surface area contributed by atoms with Crippen molar-refractivity contribution in [3.63, 3.8) is 0 Å². The molecule has 0 saturated carbocycles. The highest BCUT2D eigenvalue weighted by Gasteiger charge is 2.46. The Morgan fingerprint density at radius 3 is 1.56 bits per heavy atom. The summed E-state index contributed by atoms with van der Waals surface area (Å²) < 4.78 is 23.2. The number of hydrogen-bond donors (Lipinski definition) is 2. The molecule has 2 N–H and O–H groups in total. The largest absolute Gasteiger partial charge is 0.381 e. The van der Waals surface area contributed by atoms with Gasteiger partial charge in [0.15, 0.2) is 5.78 Å². The van der Waals surface area contributed by atoms with Crippen LogP contribution in [0.25, 0.3) is 11.1 Å². The van der Waals surface area contributed by atoms with Crippen LogP contribution >= 0.6 is 0 Å². The molecule has 89 heavy (non-hydrogen) atoms. The van der Waals surface area contributed by atoms with Crippen LogP contribution in [0.5, 0.6) is 0 Å². The Morgan fingerprint density at radius 1 is 0.584 bits per heavy atom. The second kappa shape index (κ2) is 33.6. The van der Waals surface area contributed by atoms with E-state index in [2.05, 4.69) is 10.6 Å². The number of carbonyl (C=O) groups is 8. The van der Waals surface area contributed by atoms with Gasteiger partial charge in [0.1, 0.15) is 11.8 Å². The van der Waals surface area contributed by atoms with E-state index in [0.717, 1.165) is 22.3 Å². The number of amides is 6. The normalized spacial score (nSPS) is 19.9. The zero-order valence-corrected chi connectivity index (χ0v) is 53.1. The van der Waals surface area contributed by atoms with Crippen molar-refractivity contribution in [2.45, 2.75) is 135 Å². The number of Topliss-reactive ketones (excluding diaryl/α,β-unsaturated/α-hetero) is 2. The average Bonchev–Trinajstić information content (AvgIpc) is 3.58. The third kappa shape index (κ3) is 18.5. The molecule has 0 spiro atoms. The topological polar surface area (TPSA) is 210 Å². The van der Waals surface area contributed by atoms with Gasteiger partial charge in [0.05, 0.1) is 30.8 Å². The number of ether oxygens (including phenoxy) is 4. The molecule has 4 aromatic carbocycles. The standard InChI is InChI=1S/C71H94N6O12/c1-7-49(4)68(82)73-67(56-34-42-89-43-35-56)71(85)77-39-31-64(87-6)60(77)46-74(36-28-50-14-10-8-11-15-50)65(80)27-26-61(78)55-22-18-52(19-23-55)53-20-24-57(25-21-53)69(83)72-45-66(81)75(37-29-51-16-12-9-13-17-51)47-59-63(86-5)30-38-76(59)70(84)58(44-62(79)48(2)3)54-32-40-88-41-33-54/h8-25,48-49,54,56,58-60,63-64,67H,7,26-47H2,1-6H3,(H,72,83)(H,73,82)/t49-,58+,59-,60-,63+,64+,67+/m1/s1. The Labute approximate surface area is 526 Å². The highest BCUT2D eigenvalue weighted by Crippen LogP contribution is 2.34. The lowest BCUT2D eigenvalue weighted by Gasteiger charge is -2.38. The van der Waals surface area contributed by atoms with Crippen molar-refractivity contribution in [3.8, 4) is 11.1 Å². The summed E-state index contributed by atoms with van der Waals surface area (Å²) in [5.41, 5.74) is 4.49. The Morgan fingerprint density at radius 2 is 1.07 bits per heavy atom. The summed E-state index contributed by atoms with van der Waals surface area (Å²) in [5.74, 6) is -2.56. The van der Waals surface area contributed by atoms with Gasteiger partial charge in [-0.2, -0.15) is 0 Å². The zero-order chi connectivity index (χ0) is 63.4. The molecule has 0 unspecified atom stereocenters. The number of rotatable bonds is 30. The van der Waals surface area contributed by atoms with E-state index in [9.17, 15) is 38.4 Å². The minimum absolute atomic E-state index is 0.0103. The van der Waals surface area contributed by atoms with E-state index < -0.39 is 30.0 Å². The van der Waals surface area contributed by atoms with Crippen molar-refractivity contribution in [3.05, 3.63) is 131 Å². The van der Waals surface area contributed by atoms with E-state index in [0.29, 0.717) is 122 Å². The number of nitrogens with zero attached hydrogens (tertiary/aromatic N) is 4. The molecular formula is C71H94N6O12. The smallest absolute Gasteiger partial charge is 0.251 e. The molecule has 4 fully saturated rings. The molecule has 6 amide bonds. The van der Waals surface area contributed by atoms with Gasteiger partial charge < -0.3 is 49.2 Å². The van der Waals surface area contributed by atoms with Crippen LogP contribution in [-0.2, 0) is 60.6 Å². The second-order valence-corrected chi connectivity index (χ2v) is 24.9. The molecular weight excluding hydrogens is 1130 g/mol. The fourth-order valence-corrected chi connectivity index (χ4v) is 13.0. The van der Waals surface area contributed by atoms with E-state index in [4.69, 9.17) is 18.9 Å². The van der Waals surface area contributed by atoms with Crippen molar-refractivity contribution in [2.75, 3.05) is 86.5 Å². The lowest BCUT2D eigenvalue weighted by atomic mass is 9.80.